The van der Waals surface area contributed by atoms with Gasteiger partial charge in [0.05, 0.1) is 21.1 Å². The van der Waals surface area contributed by atoms with Crippen LogP contribution in [0.15, 0.2) is 18.2 Å². The Bertz CT molecular complexity index is 781. The number of benzene rings is 1. The summed E-state index contributed by atoms with van der Waals surface area (Å²) in [5.74, 6) is -0.465. The van der Waals surface area contributed by atoms with E-state index in [0.717, 1.165) is 0 Å². The predicted octanol–water partition coefficient (Wildman–Crippen LogP) is 1.62. The number of amides is 2. The van der Waals surface area contributed by atoms with Crippen LogP contribution in [0.2, 0.25) is 0 Å². The first-order chi connectivity index (χ1) is 10.4. The number of rotatable bonds is 3. The topological polar surface area (TPSA) is 105 Å². The van der Waals surface area contributed by atoms with E-state index in [1.807, 2.05) is 0 Å². The molecule has 1 aromatic carbocycles. The molecule has 0 saturated carbocycles. The highest BCUT2D eigenvalue weighted by Gasteiger charge is 2.34. The Kier molecular flexibility index (Phi) is 3.49. The van der Waals surface area contributed by atoms with E-state index in [0.29, 0.717) is 28.4 Å². The highest BCUT2D eigenvalue weighted by Crippen LogP contribution is 2.29. The Morgan fingerprint density at radius 3 is 2.82 bits per heavy atom. The van der Waals surface area contributed by atoms with Gasteiger partial charge in [-0.05, 0) is 6.07 Å². The molecule has 0 spiro atoms. The van der Waals surface area contributed by atoms with Crippen LogP contribution in [0.3, 0.4) is 0 Å². The molecule has 0 bridgehead atoms. The minimum Gasteiger partial charge on any atom is -0.341 e. The maximum absolute atomic E-state index is 12.0. The number of nitrogens with one attached hydrogen (secondary N) is 1. The van der Waals surface area contributed by atoms with E-state index in [2.05, 4.69) is 10.3 Å². The second kappa shape index (κ2) is 5.34. The van der Waals surface area contributed by atoms with Gasteiger partial charge in [0.2, 0.25) is 11.8 Å². The quantitative estimate of drug-likeness (QED) is 0.683. The van der Waals surface area contributed by atoms with Crippen LogP contribution in [-0.4, -0.2) is 39.7 Å². The summed E-state index contributed by atoms with van der Waals surface area (Å²) in [7, 11) is 0. The summed E-state index contributed by atoms with van der Waals surface area (Å²) in [6, 6.07) is 4.37. The number of hydrogen-bond donors (Lipinski definition) is 1. The fourth-order valence-electron chi connectivity index (χ4n) is 2.19. The van der Waals surface area contributed by atoms with E-state index in [9.17, 15) is 19.7 Å². The lowest BCUT2D eigenvalue weighted by molar-refractivity contribution is -0.384. The first-order valence-electron chi connectivity index (χ1n) is 6.55. The molecular weight excluding hydrogens is 308 g/mol. The molecule has 114 valence electrons. The summed E-state index contributed by atoms with van der Waals surface area (Å²) < 4.78 is 0.642. The van der Waals surface area contributed by atoms with Crippen LogP contribution in [0.5, 0.6) is 0 Å². The molecule has 0 aliphatic carbocycles. The average molecular weight is 320 g/mol. The molecule has 0 radical (unpaired) electrons. The molecule has 1 aliphatic heterocycles. The summed E-state index contributed by atoms with van der Waals surface area (Å²) in [6.45, 7) is 2.30. The van der Waals surface area contributed by atoms with Crippen LogP contribution in [0.4, 0.5) is 10.8 Å². The summed E-state index contributed by atoms with van der Waals surface area (Å²) in [5.41, 5.74) is 0.593. The van der Waals surface area contributed by atoms with Crippen molar-refractivity contribution < 1.29 is 14.5 Å². The summed E-state index contributed by atoms with van der Waals surface area (Å²) >= 11 is 1.19. The number of carbonyl (C=O) groups is 2. The smallest absolute Gasteiger partial charge is 0.270 e. The molecule has 8 nitrogen and oxygen atoms in total. The SMILES string of the molecule is CC(=O)N1CC(C(=O)Nc2nc3ccc([N+](=O)[O-])cc3s2)C1. The number of nitro groups is 1. The minimum atomic E-state index is -0.470. The number of thiazole rings is 1. The Morgan fingerprint density at radius 1 is 1.45 bits per heavy atom. The van der Waals surface area contributed by atoms with Gasteiger partial charge in [0, 0.05) is 32.1 Å². The summed E-state index contributed by atoms with van der Waals surface area (Å²) in [6.07, 6.45) is 0. The van der Waals surface area contributed by atoms with Crippen LogP contribution in [0, 0.1) is 16.0 Å². The highest BCUT2D eigenvalue weighted by molar-refractivity contribution is 7.22. The first-order valence-corrected chi connectivity index (χ1v) is 7.37. The number of nitro benzene ring substituents is 1. The number of likely N-dealkylation sites (tertiary alicyclic amines) is 1. The molecule has 1 saturated heterocycles. The number of carbonyl (C=O) groups excluding carboxylic acids is 2. The molecule has 9 heteroatoms. The molecule has 1 fully saturated rings. The minimum absolute atomic E-state index is 0.00915. The average Bonchev–Trinajstić information content (AvgIpc) is 2.76. The zero-order valence-electron chi connectivity index (χ0n) is 11.6. The van der Waals surface area contributed by atoms with Gasteiger partial charge in [-0.1, -0.05) is 11.3 Å². The fourth-order valence-corrected chi connectivity index (χ4v) is 3.09. The van der Waals surface area contributed by atoms with E-state index >= 15 is 0 Å². The van der Waals surface area contributed by atoms with E-state index in [1.54, 1.807) is 11.0 Å². The van der Waals surface area contributed by atoms with Gasteiger partial charge in [0.1, 0.15) is 0 Å². The van der Waals surface area contributed by atoms with E-state index in [-0.39, 0.29) is 23.4 Å². The molecule has 2 amide bonds. The van der Waals surface area contributed by atoms with Gasteiger partial charge in [-0.3, -0.25) is 19.7 Å². The zero-order chi connectivity index (χ0) is 15.9. The van der Waals surface area contributed by atoms with Gasteiger partial charge in [-0.15, -0.1) is 0 Å². The largest absolute Gasteiger partial charge is 0.341 e. The molecule has 0 atom stereocenters. The van der Waals surface area contributed by atoms with E-state index in [1.165, 1.54) is 30.4 Å². The Balaban J connectivity index is 1.70. The molecule has 3 rings (SSSR count). The predicted molar refractivity (Wildman–Crippen MR) is 80.6 cm³/mol. The maximum atomic E-state index is 12.0. The third kappa shape index (κ3) is 2.62. The third-order valence-corrected chi connectivity index (χ3v) is 4.44. The van der Waals surface area contributed by atoms with Crippen molar-refractivity contribution in [3.05, 3.63) is 28.3 Å². The number of hydrogen-bond acceptors (Lipinski definition) is 6. The van der Waals surface area contributed by atoms with Gasteiger partial charge >= 0.3 is 0 Å². The number of aromatic nitrogens is 1. The van der Waals surface area contributed by atoms with Crippen molar-refractivity contribution >= 4 is 44.2 Å². The van der Waals surface area contributed by atoms with Gasteiger partial charge < -0.3 is 10.2 Å². The lowest BCUT2D eigenvalue weighted by atomic mass is 9.99. The molecule has 22 heavy (non-hydrogen) atoms. The number of fused-ring (bicyclic) bond motifs is 1. The van der Waals surface area contributed by atoms with Gasteiger partial charge in [0.25, 0.3) is 5.69 Å². The lowest BCUT2D eigenvalue weighted by Gasteiger charge is -2.37. The van der Waals surface area contributed by atoms with Gasteiger partial charge in [-0.25, -0.2) is 4.98 Å². The number of anilines is 1. The van der Waals surface area contributed by atoms with E-state index < -0.39 is 4.92 Å². The van der Waals surface area contributed by atoms with Crippen LogP contribution in [0.25, 0.3) is 10.2 Å². The molecule has 1 aliphatic rings. The standard InChI is InChI=1S/C13H12N4O4S/c1-7(18)16-5-8(6-16)12(19)15-13-14-10-3-2-9(17(20)21)4-11(10)22-13/h2-4,8H,5-6H2,1H3,(H,14,15,19). The van der Waals surface area contributed by atoms with Crippen molar-refractivity contribution in [1.29, 1.82) is 0 Å². The number of non-ortho nitro benzene ring substituents is 1. The second-order valence-corrected chi connectivity index (χ2v) is 6.07. The monoisotopic (exact) mass is 320 g/mol. The fraction of sp³-hybridized carbons (Fsp3) is 0.308. The number of nitrogens with zero attached hydrogens (tertiary/aromatic N) is 3. The van der Waals surface area contributed by atoms with Crippen molar-refractivity contribution in [3.8, 4) is 0 Å². The zero-order valence-corrected chi connectivity index (χ0v) is 12.4. The van der Waals surface area contributed by atoms with Crippen molar-refractivity contribution in [2.75, 3.05) is 18.4 Å². The van der Waals surface area contributed by atoms with E-state index in [4.69, 9.17) is 0 Å². The van der Waals surface area contributed by atoms with Crippen molar-refractivity contribution in [2.24, 2.45) is 5.92 Å². The molecule has 0 unspecified atom stereocenters. The first kappa shape index (κ1) is 14.4. The van der Waals surface area contributed by atoms with Crippen molar-refractivity contribution in [1.82, 2.24) is 9.88 Å². The molecule has 2 heterocycles. The van der Waals surface area contributed by atoms with Gasteiger partial charge in [-0.2, -0.15) is 0 Å². The van der Waals surface area contributed by atoms with Crippen LogP contribution >= 0.6 is 11.3 Å². The Labute approximate surface area is 128 Å². The van der Waals surface area contributed by atoms with Crippen molar-refractivity contribution in [3.63, 3.8) is 0 Å². The van der Waals surface area contributed by atoms with Crippen LogP contribution in [0.1, 0.15) is 6.92 Å². The third-order valence-electron chi connectivity index (χ3n) is 3.51. The second-order valence-electron chi connectivity index (χ2n) is 5.04. The molecule has 1 aromatic heterocycles. The Hall–Kier alpha value is -2.55. The normalized spacial score (nSPS) is 14.7. The summed E-state index contributed by atoms with van der Waals surface area (Å²) in [5, 5.41) is 13.8. The molecule has 2 aromatic rings. The summed E-state index contributed by atoms with van der Waals surface area (Å²) in [4.78, 5) is 39.2. The van der Waals surface area contributed by atoms with Crippen LogP contribution in [-0.2, 0) is 9.59 Å². The molecule has 1 N–H and O–H groups in total. The lowest BCUT2D eigenvalue weighted by Crippen LogP contribution is -2.53. The molecular formula is C13H12N4O4S. The van der Waals surface area contributed by atoms with Crippen molar-refractivity contribution in [2.45, 2.75) is 6.92 Å². The maximum Gasteiger partial charge on any atom is 0.270 e. The highest BCUT2D eigenvalue weighted by atomic mass is 32.1. The van der Waals surface area contributed by atoms with Crippen LogP contribution < -0.4 is 5.32 Å². The van der Waals surface area contributed by atoms with Gasteiger partial charge in [0.15, 0.2) is 5.13 Å². The Morgan fingerprint density at radius 2 is 2.18 bits per heavy atom.